The molecule has 0 bridgehead atoms. The van der Waals surface area contributed by atoms with Crippen LogP contribution in [0.4, 0.5) is 0 Å². The second-order valence-electron chi connectivity index (χ2n) is 17.1. The van der Waals surface area contributed by atoms with E-state index in [1.165, 1.54) is 38.5 Å². The Bertz CT molecular complexity index is 1190. The van der Waals surface area contributed by atoms with Crippen LogP contribution in [0.3, 0.4) is 0 Å². The van der Waals surface area contributed by atoms with E-state index in [4.69, 9.17) is 9.47 Å². The maximum Gasteiger partial charge on any atom is 0.184 e. The van der Waals surface area contributed by atoms with E-state index in [9.17, 15) is 5.11 Å². The molecule has 0 radical (unpaired) electrons. The SMILES string of the molecule is CC1(C)C[C@@H]2C3=CC[C@@H]4[C@@]5(C)CCC6OC(c7ccccc7)OC[C@@]6(C)C5CC[C@@]4(C)[C@]3(C)CC[C@@]2(C)C[C@H]1O. The van der Waals surface area contributed by atoms with Gasteiger partial charge >= 0.3 is 0 Å². The molecule has 40 heavy (non-hydrogen) atoms. The first-order valence-electron chi connectivity index (χ1n) is 16.5. The number of rotatable bonds is 1. The van der Waals surface area contributed by atoms with Crippen molar-refractivity contribution in [2.24, 2.45) is 50.2 Å². The zero-order chi connectivity index (χ0) is 28.3. The van der Waals surface area contributed by atoms with E-state index in [1.54, 1.807) is 5.57 Å². The summed E-state index contributed by atoms with van der Waals surface area (Å²) in [5, 5.41) is 11.1. The summed E-state index contributed by atoms with van der Waals surface area (Å²) in [6.45, 7) is 18.4. The van der Waals surface area contributed by atoms with E-state index in [0.717, 1.165) is 31.4 Å². The minimum atomic E-state index is -0.230. The van der Waals surface area contributed by atoms with Gasteiger partial charge in [-0.25, -0.2) is 0 Å². The second kappa shape index (κ2) is 8.70. The number of aliphatic hydroxyl groups excluding tert-OH is 1. The normalized spacial score (nSPS) is 53.1. The maximum absolute atomic E-state index is 11.1. The van der Waals surface area contributed by atoms with Crippen molar-refractivity contribution in [3.05, 3.63) is 47.5 Å². The van der Waals surface area contributed by atoms with Crippen LogP contribution in [0.2, 0.25) is 0 Å². The van der Waals surface area contributed by atoms with Gasteiger partial charge in [0, 0.05) is 11.0 Å². The molecular formula is C37H54O3. The molecule has 1 heterocycles. The van der Waals surface area contributed by atoms with Gasteiger partial charge in [0.05, 0.1) is 18.8 Å². The monoisotopic (exact) mass is 546 g/mol. The molecule has 3 unspecified atom stereocenters. The minimum Gasteiger partial charge on any atom is -0.393 e. The van der Waals surface area contributed by atoms with Crippen LogP contribution in [0.1, 0.15) is 118 Å². The van der Waals surface area contributed by atoms with Crippen molar-refractivity contribution in [3.8, 4) is 0 Å². The van der Waals surface area contributed by atoms with Crippen LogP contribution in [-0.2, 0) is 9.47 Å². The Hall–Kier alpha value is -1.16. The lowest BCUT2D eigenvalue weighted by molar-refractivity contribution is -0.318. The molecule has 1 saturated heterocycles. The van der Waals surface area contributed by atoms with Crippen molar-refractivity contribution in [1.82, 2.24) is 0 Å². The van der Waals surface area contributed by atoms with Gasteiger partial charge in [-0.15, -0.1) is 0 Å². The molecule has 3 nitrogen and oxygen atoms in total. The Morgan fingerprint density at radius 1 is 0.800 bits per heavy atom. The Balaban J connectivity index is 1.20. The lowest BCUT2D eigenvalue weighted by Gasteiger charge is -2.72. The number of ether oxygens (including phenoxy) is 2. The van der Waals surface area contributed by atoms with E-state index in [-0.39, 0.29) is 40.2 Å². The molecule has 3 heteroatoms. The van der Waals surface area contributed by atoms with Gasteiger partial charge in [0.25, 0.3) is 0 Å². The Kier molecular flexibility index (Phi) is 6.01. The van der Waals surface area contributed by atoms with Crippen LogP contribution in [0.5, 0.6) is 0 Å². The fourth-order valence-electron chi connectivity index (χ4n) is 12.0. The average molecular weight is 547 g/mol. The topological polar surface area (TPSA) is 38.7 Å². The Labute approximate surface area is 243 Å². The van der Waals surface area contributed by atoms with E-state index in [1.807, 2.05) is 0 Å². The first kappa shape index (κ1) is 27.7. The summed E-state index contributed by atoms with van der Waals surface area (Å²) in [5.74, 6) is 1.93. The van der Waals surface area contributed by atoms with Gasteiger partial charge in [-0.2, -0.15) is 0 Å². The van der Waals surface area contributed by atoms with E-state index < -0.39 is 0 Å². The minimum absolute atomic E-state index is 0.00374. The summed E-state index contributed by atoms with van der Waals surface area (Å²) >= 11 is 0. The molecule has 1 N–H and O–H groups in total. The molecule has 0 spiro atoms. The van der Waals surface area contributed by atoms with Gasteiger partial charge in [-0.3, -0.25) is 0 Å². The number of benzene rings is 1. The second-order valence-corrected chi connectivity index (χ2v) is 17.1. The predicted octanol–water partition coefficient (Wildman–Crippen LogP) is 8.87. The van der Waals surface area contributed by atoms with Crippen molar-refractivity contribution < 1.29 is 14.6 Å². The fraction of sp³-hybridized carbons (Fsp3) is 0.784. The number of hydrogen-bond donors (Lipinski definition) is 1. The summed E-state index contributed by atoms with van der Waals surface area (Å²) in [4.78, 5) is 0. The standard InChI is InChI=1S/C37H54O3/c1-32(2)21-26-25-13-14-28-34(4)17-16-30-35(5,23-39-31(40-30)24-11-9-8-10-12-24)27(34)15-18-37(28,7)36(25,6)20-19-33(26,3)22-29(32)38/h8-13,26-31,38H,14-23H2,1-7H3/t26-,27?,28-,29-,30?,31?,33+,34+,35+,36-,37-/m1/s1. The first-order valence-corrected chi connectivity index (χ1v) is 16.5. The Morgan fingerprint density at radius 2 is 1.55 bits per heavy atom. The first-order chi connectivity index (χ1) is 18.8. The van der Waals surface area contributed by atoms with Crippen molar-refractivity contribution in [1.29, 1.82) is 0 Å². The summed E-state index contributed by atoms with van der Waals surface area (Å²) in [7, 11) is 0. The quantitative estimate of drug-likeness (QED) is 0.358. The maximum atomic E-state index is 11.1. The van der Waals surface area contributed by atoms with Gasteiger partial charge in [0.2, 0.25) is 0 Å². The van der Waals surface area contributed by atoms with Crippen molar-refractivity contribution >= 4 is 0 Å². The predicted molar refractivity (Wildman–Crippen MR) is 160 cm³/mol. The number of allylic oxidation sites excluding steroid dienone is 2. The van der Waals surface area contributed by atoms with E-state index in [0.29, 0.717) is 28.6 Å². The third-order valence-electron chi connectivity index (χ3n) is 14.9. The zero-order valence-electron chi connectivity index (χ0n) is 26.3. The molecule has 11 atom stereocenters. The van der Waals surface area contributed by atoms with Crippen molar-refractivity contribution in [2.75, 3.05) is 6.61 Å². The van der Waals surface area contributed by atoms with Crippen LogP contribution in [-0.4, -0.2) is 23.9 Å². The smallest absolute Gasteiger partial charge is 0.184 e. The molecular weight excluding hydrogens is 492 g/mol. The molecule has 5 fully saturated rings. The number of hydrogen-bond acceptors (Lipinski definition) is 3. The fourth-order valence-corrected chi connectivity index (χ4v) is 12.0. The van der Waals surface area contributed by atoms with Crippen LogP contribution in [0.25, 0.3) is 0 Å². The average Bonchev–Trinajstić information content (AvgIpc) is 2.90. The van der Waals surface area contributed by atoms with Crippen LogP contribution < -0.4 is 0 Å². The highest BCUT2D eigenvalue weighted by Crippen LogP contribution is 2.76. The van der Waals surface area contributed by atoms with Gasteiger partial charge in [0.15, 0.2) is 6.29 Å². The lowest BCUT2D eigenvalue weighted by atomic mass is 9.33. The molecule has 0 amide bonds. The summed E-state index contributed by atoms with van der Waals surface area (Å²) in [6, 6.07) is 10.5. The highest BCUT2D eigenvalue weighted by atomic mass is 16.7. The zero-order valence-corrected chi connectivity index (χ0v) is 26.3. The third-order valence-corrected chi connectivity index (χ3v) is 14.9. The molecule has 7 rings (SSSR count). The molecule has 4 saturated carbocycles. The van der Waals surface area contributed by atoms with Gasteiger partial charge in [-0.1, -0.05) is 90.4 Å². The largest absolute Gasteiger partial charge is 0.393 e. The lowest BCUT2D eigenvalue weighted by Crippen LogP contribution is -2.66. The number of fused-ring (bicyclic) bond motifs is 9. The van der Waals surface area contributed by atoms with Gasteiger partial charge < -0.3 is 14.6 Å². The van der Waals surface area contributed by atoms with Crippen LogP contribution in [0, 0.1) is 50.2 Å². The third kappa shape index (κ3) is 3.53. The highest BCUT2D eigenvalue weighted by molar-refractivity contribution is 5.34. The van der Waals surface area contributed by atoms with E-state index >= 15 is 0 Å². The molecule has 1 aliphatic heterocycles. The molecule has 1 aromatic rings. The Morgan fingerprint density at radius 3 is 2.30 bits per heavy atom. The molecule has 5 aliphatic carbocycles. The van der Waals surface area contributed by atoms with Gasteiger partial charge in [-0.05, 0) is 103 Å². The van der Waals surface area contributed by atoms with E-state index in [2.05, 4.69) is 84.9 Å². The summed E-state index contributed by atoms with van der Waals surface area (Å²) < 4.78 is 13.3. The van der Waals surface area contributed by atoms with Crippen LogP contribution in [0.15, 0.2) is 42.0 Å². The summed E-state index contributed by atoms with van der Waals surface area (Å²) in [5.41, 5.74) is 4.10. The number of aliphatic hydroxyl groups is 1. The molecule has 0 aromatic heterocycles. The van der Waals surface area contributed by atoms with Crippen molar-refractivity contribution in [3.63, 3.8) is 0 Å². The van der Waals surface area contributed by atoms with Crippen LogP contribution >= 0.6 is 0 Å². The highest BCUT2D eigenvalue weighted by Gasteiger charge is 2.69. The summed E-state index contributed by atoms with van der Waals surface area (Å²) in [6.07, 6.45) is 13.5. The van der Waals surface area contributed by atoms with Gasteiger partial charge in [0.1, 0.15) is 0 Å². The molecule has 220 valence electrons. The molecule has 6 aliphatic rings. The molecule has 1 aromatic carbocycles. The van der Waals surface area contributed by atoms with Crippen molar-refractivity contribution in [2.45, 2.75) is 125 Å².